The summed E-state index contributed by atoms with van der Waals surface area (Å²) in [5.41, 5.74) is -0.493. The van der Waals surface area contributed by atoms with Crippen LogP contribution in [0.15, 0.2) is 47.6 Å². The molecule has 0 radical (unpaired) electrons. The lowest BCUT2D eigenvalue weighted by atomic mass is 10.2. The fraction of sp³-hybridized carbons (Fsp3) is 0.250. The third-order valence-electron chi connectivity index (χ3n) is 3.93. The van der Waals surface area contributed by atoms with E-state index < -0.39 is 30.2 Å². The van der Waals surface area contributed by atoms with Crippen molar-refractivity contribution in [3.63, 3.8) is 0 Å². The third-order valence-corrected chi connectivity index (χ3v) is 3.93. The number of carbonyl (C=O) groups excluding carboxylic acids is 2. The Morgan fingerprint density at radius 3 is 2.55 bits per heavy atom. The number of carbonyl (C=O) groups is 2. The van der Waals surface area contributed by atoms with Crippen LogP contribution in [0.1, 0.15) is 12.0 Å². The van der Waals surface area contributed by atoms with Crippen molar-refractivity contribution in [1.29, 1.82) is 0 Å². The van der Waals surface area contributed by atoms with Gasteiger partial charge in [0.05, 0.1) is 18.8 Å². The van der Waals surface area contributed by atoms with Crippen molar-refractivity contribution in [3.05, 3.63) is 48.0 Å². The molecule has 3 rings (SSSR count). The standard InChI is InChI=1S/C20H18F3N3O5/c21-20(22,23)13-3-1-4-14(9-13)25-18(27)11-24-31-12-19(28)26-15-5-6-16-17(10-15)30-8-2-7-29-16/h1,3-6,9-11H,2,7-8,12H2,(H,25,27)(H,26,28)/b24-11+. The van der Waals surface area contributed by atoms with E-state index in [9.17, 15) is 22.8 Å². The molecular weight excluding hydrogens is 419 g/mol. The van der Waals surface area contributed by atoms with Crippen molar-refractivity contribution in [2.45, 2.75) is 12.6 Å². The molecule has 1 aliphatic rings. The number of ether oxygens (including phenoxy) is 2. The number of hydrogen-bond acceptors (Lipinski definition) is 6. The van der Waals surface area contributed by atoms with Crippen LogP contribution in [0, 0.1) is 0 Å². The number of nitrogens with one attached hydrogen (secondary N) is 2. The molecule has 2 amide bonds. The molecule has 164 valence electrons. The summed E-state index contributed by atoms with van der Waals surface area (Å²) in [5, 5.41) is 8.14. The summed E-state index contributed by atoms with van der Waals surface area (Å²) in [7, 11) is 0. The maximum Gasteiger partial charge on any atom is 0.416 e. The Hall–Kier alpha value is -3.76. The van der Waals surface area contributed by atoms with E-state index in [-0.39, 0.29) is 5.69 Å². The monoisotopic (exact) mass is 437 g/mol. The van der Waals surface area contributed by atoms with E-state index in [1.165, 1.54) is 6.07 Å². The summed E-state index contributed by atoms with van der Waals surface area (Å²) in [6.45, 7) is 0.568. The summed E-state index contributed by atoms with van der Waals surface area (Å²) in [4.78, 5) is 28.4. The van der Waals surface area contributed by atoms with E-state index in [4.69, 9.17) is 14.3 Å². The van der Waals surface area contributed by atoms with Crippen molar-refractivity contribution in [1.82, 2.24) is 0 Å². The number of benzene rings is 2. The zero-order valence-electron chi connectivity index (χ0n) is 16.1. The number of nitrogens with zero attached hydrogens (tertiary/aromatic N) is 1. The normalized spacial score (nSPS) is 13.4. The minimum atomic E-state index is -4.53. The average molecular weight is 437 g/mol. The highest BCUT2D eigenvalue weighted by Gasteiger charge is 2.30. The van der Waals surface area contributed by atoms with Gasteiger partial charge in [0.1, 0.15) is 6.21 Å². The van der Waals surface area contributed by atoms with Crippen LogP contribution in [0.25, 0.3) is 0 Å². The number of fused-ring (bicyclic) bond motifs is 1. The first kappa shape index (κ1) is 21.9. The molecule has 0 aromatic heterocycles. The molecule has 1 aliphatic heterocycles. The number of hydrogen-bond donors (Lipinski definition) is 2. The number of amides is 2. The van der Waals surface area contributed by atoms with Crippen molar-refractivity contribution >= 4 is 29.4 Å². The molecule has 0 unspecified atom stereocenters. The lowest BCUT2D eigenvalue weighted by Crippen LogP contribution is -2.18. The predicted octanol–water partition coefficient (Wildman–Crippen LogP) is 3.45. The summed E-state index contributed by atoms with van der Waals surface area (Å²) in [5.74, 6) is -0.254. The minimum Gasteiger partial charge on any atom is -0.490 e. The molecule has 2 N–H and O–H groups in total. The van der Waals surface area contributed by atoms with Gasteiger partial charge in [0.25, 0.3) is 11.8 Å². The van der Waals surface area contributed by atoms with Crippen LogP contribution in [0.3, 0.4) is 0 Å². The molecule has 1 heterocycles. The molecule has 0 spiro atoms. The van der Waals surface area contributed by atoms with Gasteiger partial charge in [-0.1, -0.05) is 11.2 Å². The number of oxime groups is 1. The highest BCUT2D eigenvalue weighted by atomic mass is 19.4. The first-order valence-corrected chi connectivity index (χ1v) is 9.14. The van der Waals surface area contributed by atoms with Crippen molar-refractivity contribution in [3.8, 4) is 11.5 Å². The summed E-state index contributed by atoms with van der Waals surface area (Å²) >= 11 is 0. The number of anilines is 2. The van der Waals surface area contributed by atoms with Gasteiger partial charge in [0.15, 0.2) is 18.1 Å². The number of rotatable bonds is 6. The largest absolute Gasteiger partial charge is 0.490 e. The molecule has 2 aromatic carbocycles. The minimum absolute atomic E-state index is 0.0570. The highest BCUT2D eigenvalue weighted by Crippen LogP contribution is 2.32. The molecule has 0 atom stereocenters. The van der Waals surface area contributed by atoms with Gasteiger partial charge in [0.2, 0.25) is 0 Å². The average Bonchev–Trinajstić information content (AvgIpc) is 2.96. The summed E-state index contributed by atoms with van der Waals surface area (Å²) < 4.78 is 49.1. The second-order valence-corrected chi connectivity index (χ2v) is 6.34. The molecule has 0 bridgehead atoms. The van der Waals surface area contributed by atoms with E-state index in [1.54, 1.807) is 18.2 Å². The lowest BCUT2D eigenvalue weighted by molar-refractivity contribution is -0.137. The fourth-order valence-corrected chi connectivity index (χ4v) is 2.57. The van der Waals surface area contributed by atoms with Crippen molar-refractivity contribution in [2.24, 2.45) is 5.16 Å². The van der Waals surface area contributed by atoms with Gasteiger partial charge in [-0.05, 0) is 30.3 Å². The topological polar surface area (TPSA) is 98.2 Å². The van der Waals surface area contributed by atoms with Gasteiger partial charge in [-0.15, -0.1) is 0 Å². The van der Waals surface area contributed by atoms with Crippen LogP contribution in [0.2, 0.25) is 0 Å². The van der Waals surface area contributed by atoms with E-state index in [0.717, 1.165) is 24.6 Å². The van der Waals surface area contributed by atoms with Crippen molar-refractivity contribution in [2.75, 3.05) is 30.5 Å². The predicted molar refractivity (Wildman–Crippen MR) is 105 cm³/mol. The van der Waals surface area contributed by atoms with Crippen molar-refractivity contribution < 1.29 is 37.1 Å². The quantitative estimate of drug-likeness (QED) is 0.533. The maximum atomic E-state index is 12.7. The van der Waals surface area contributed by atoms with Crippen LogP contribution in [0.5, 0.6) is 11.5 Å². The molecule has 0 saturated heterocycles. The van der Waals surface area contributed by atoms with Crippen LogP contribution >= 0.6 is 0 Å². The van der Waals surface area contributed by atoms with Gasteiger partial charge in [-0.2, -0.15) is 13.2 Å². The van der Waals surface area contributed by atoms with Crippen LogP contribution in [0.4, 0.5) is 24.5 Å². The van der Waals surface area contributed by atoms with Crippen LogP contribution in [-0.2, 0) is 20.6 Å². The second kappa shape index (κ2) is 9.83. The Bertz CT molecular complexity index is 979. The highest BCUT2D eigenvalue weighted by molar-refractivity contribution is 6.31. The number of halogens is 3. The number of alkyl halides is 3. The zero-order valence-corrected chi connectivity index (χ0v) is 16.1. The van der Waals surface area contributed by atoms with Crippen LogP contribution < -0.4 is 20.1 Å². The lowest BCUT2D eigenvalue weighted by Gasteiger charge is -2.10. The summed E-state index contributed by atoms with van der Waals surface area (Å²) in [6, 6.07) is 9.06. The first-order chi connectivity index (χ1) is 14.8. The van der Waals surface area contributed by atoms with Gasteiger partial charge in [0, 0.05) is 23.9 Å². The molecule has 0 aliphatic carbocycles. The Morgan fingerprint density at radius 2 is 1.77 bits per heavy atom. The van der Waals surface area contributed by atoms with Gasteiger partial charge in [-0.25, -0.2) is 0 Å². The zero-order chi connectivity index (χ0) is 22.3. The Balaban J connectivity index is 1.45. The Kier molecular flexibility index (Phi) is 6.96. The Morgan fingerprint density at radius 1 is 1.03 bits per heavy atom. The second-order valence-electron chi connectivity index (χ2n) is 6.34. The van der Waals surface area contributed by atoms with Crippen LogP contribution in [-0.4, -0.2) is 37.8 Å². The maximum absolute atomic E-state index is 12.7. The van der Waals surface area contributed by atoms with Gasteiger partial charge < -0.3 is 24.9 Å². The molecule has 0 saturated carbocycles. The van der Waals surface area contributed by atoms with E-state index in [2.05, 4.69) is 15.8 Å². The molecule has 31 heavy (non-hydrogen) atoms. The van der Waals surface area contributed by atoms with E-state index in [1.807, 2.05) is 0 Å². The van der Waals surface area contributed by atoms with E-state index >= 15 is 0 Å². The van der Waals surface area contributed by atoms with E-state index in [0.29, 0.717) is 36.6 Å². The fourth-order valence-electron chi connectivity index (χ4n) is 2.57. The molecule has 11 heteroatoms. The molecule has 0 fully saturated rings. The van der Waals surface area contributed by atoms with Gasteiger partial charge >= 0.3 is 6.18 Å². The Labute approximate surface area is 175 Å². The first-order valence-electron chi connectivity index (χ1n) is 9.14. The summed E-state index contributed by atoms with van der Waals surface area (Å²) in [6.07, 6.45) is -3.06. The molecular formula is C20H18F3N3O5. The molecule has 2 aromatic rings. The van der Waals surface area contributed by atoms with Gasteiger partial charge in [-0.3, -0.25) is 9.59 Å². The third kappa shape index (κ3) is 6.63. The SMILES string of the molecule is O=C(/C=N/OCC(=O)Nc1ccc2c(c1)OCCCO2)Nc1cccc(C(F)(F)F)c1. The molecule has 8 nitrogen and oxygen atoms in total. The smallest absolute Gasteiger partial charge is 0.416 e.